The van der Waals surface area contributed by atoms with Gasteiger partial charge in [-0.1, -0.05) is 45.0 Å². The summed E-state index contributed by atoms with van der Waals surface area (Å²) in [5.41, 5.74) is 2.18. The smallest absolute Gasteiger partial charge is 0.407 e. The van der Waals surface area contributed by atoms with Crippen LogP contribution < -0.4 is 10.6 Å². The van der Waals surface area contributed by atoms with Gasteiger partial charge in [0, 0.05) is 19.1 Å². The number of amides is 1. The van der Waals surface area contributed by atoms with Crippen molar-refractivity contribution < 1.29 is 9.53 Å². The molecule has 0 aliphatic carbocycles. The van der Waals surface area contributed by atoms with Crippen LogP contribution in [0.2, 0.25) is 0 Å². The summed E-state index contributed by atoms with van der Waals surface area (Å²) in [7, 11) is 0. The molecule has 1 unspecified atom stereocenters. The molecular formula is C19H32N2O2. The Morgan fingerprint density at radius 3 is 2.22 bits per heavy atom. The van der Waals surface area contributed by atoms with Crippen molar-refractivity contribution in [1.82, 2.24) is 10.6 Å². The summed E-state index contributed by atoms with van der Waals surface area (Å²) in [4.78, 5) is 11.6. The number of hydrogen-bond acceptors (Lipinski definition) is 3. The average molecular weight is 320 g/mol. The molecule has 1 rings (SSSR count). The van der Waals surface area contributed by atoms with Gasteiger partial charge in [0.25, 0.3) is 0 Å². The maximum Gasteiger partial charge on any atom is 0.407 e. The average Bonchev–Trinajstić information content (AvgIpc) is 2.45. The van der Waals surface area contributed by atoms with Gasteiger partial charge in [0.15, 0.2) is 0 Å². The summed E-state index contributed by atoms with van der Waals surface area (Å²) in [6.07, 6.45) is 0.688. The lowest BCUT2D eigenvalue weighted by molar-refractivity contribution is 0.0528. The molecule has 23 heavy (non-hydrogen) atoms. The zero-order valence-corrected chi connectivity index (χ0v) is 15.4. The third kappa shape index (κ3) is 7.51. The van der Waals surface area contributed by atoms with Gasteiger partial charge < -0.3 is 15.4 Å². The lowest BCUT2D eigenvalue weighted by Crippen LogP contribution is -2.38. The minimum absolute atomic E-state index is 0.279. The number of carbonyl (C=O) groups is 1. The molecule has 0 heterocycles. The molecule has 4 nitrogen and oxygen atoms in total. The number of rotatable bonds is 7. The molecule has 130 valence electrons. The van der Waals surface area contributed by atoms with Gasteiger partial charge in [0.05, 0.1) is 0 Å². The first-order valence-corrected chi connectivity index (χ1v) is 8.52. The Hall–Kier alpha value is -1.55. The second kappa shape index (κ2) is 8.92. The standard InChI is InChI=1S/C19H32N2O2/c1-7-15-8-10-16(11-9-15)17(14(2)3)20-12-13-21-18(22)23-19(4,5)6/h8-11,14,17,20H,7,12-13H2,1-6H3,(H,21,22). The Morgan fingerprint density at radius 1 is 1.13 bits per heavy atom. The van der Waals surface area contributed by atoms with Crippen molar-refractivity contribution in [3.63, 3.8) is 0 Å². The van der Waals surface area contributed by atoms with Gasteiger partial charge in [-0.2, -0.15) is 0 Å². The fourth-order valence-electron chi connectivity index (χ4n) is 2.41. The minimum Gasteiger partial charge on any atom is -0.444 e. The van der Waals surface area contributed by atoms with Crippen LogP contribution >= 0.6 is 0 Å². The van der Waals surface area contributed by atoms with E-state index >= 15 is 0 Å². The first-order valence-electron chi connectivity index (χ1n) is 8.52. The molecule has 1 aromatic rings. The van der Waals surface area contributed by atoms with E-state index in [1.54, 1.807) is 0 Å². The van der Waals surface area contributed by atoms with Crippen LogP contribution in [0, 0.1) is 5.92 Å². The number of benzene rings is 1. The summed E-state index contributed by atoms with van der Waals surface area (Å²) in [5.74, 6) is 0.476. The van der Waals surface area contributed by atoms with Crippen molar-refractivity contribution in [1.29, 1.82) is 0 Å². The van der Waals surface area contributed by atoms with E-state index in [4.69, 9.17) is 4.74 Å². The van der Waals surface area contributed by atoms with Crippen molar-refractivity contribution >= 4 is 6.09 Å². The van der Waals surface area contributed by atoms with Gasteiger partial charge in [-0.15, -0.1) is 0 Å². The summed E-state index contributed by atoms with van der Waals surface area (Å²) >= 11 is 0. The second-order valence-corrected chi connectivity index (χ2v) is 7.20. The highest BCUT2D eigenvalue weighted by atomic mass is 16.6. The molecule has 4 heteroatoms. The highest BCUT2D eigenvalue weighted by Crippen LogP contribution is 2.21. The van der Waals surface area contributed by atoms with Crippen molar-refractivity contribution in [2.45, 2.75) is 59.6 Å². The van der Waals surface area contributed by atoms with E-state index in [1.807, 2.05) is 20.8 Å². The maximum atomic E-state index is 11.6. The number of aryl methyl sites for hydroxylation is 1. The van der Waals surface area contributed by atoms with Crippen molar-refractivity contribution in [2.24, 2.45) is 5.92 Å². The van der Waals surface area contributed by atoms with E-state index in [-0.39, 0.29) is 12.1 Å². The SMILES string of the molecule is CCc1ccc(C(NCCNC(=O)OC(C)(C)C)C(C)C)cc1. The van der Waals surface area contributed by atoms with Gasteiger partial charge in [-0.25, -0.2) is 4.79 Å². The molecule has 0 fully saturated rings. The van der Waals surface area contributed by atoms with Crippen molar-refractivity contribution in [3.05, 3.63) is 35.4 Å². The molecule has 0 saturated heterocycles. The number of hydrogen-bond donors (Lipinski definition) is 2. The summed E-state index contributed by atoms with van der Waals surface area (Å²) in [6.45, 7) is 13.4. The Bertz CT molecular complexity index is 475. The predicted octanol–water partition coefficient (Wildman–Crippen LogP) is 4.06. The molecule has 1 amide bonds. The number of alkyl carbamates (subject to hydrolysis) is 1. The highest BCUT2D eigenvalue weighted by Gasteiger charge is 2.17. The topological polar surface area (TPSA) is 50.4 Å². The van der Waals surface area contributed by atoms with Crippen LogP contribution in [0.15, 0.2) is 24.3 Å². The van der Waals surface area contributed by atoms with E-state index in [0.29, 0.717) is 19.0 Å². The molecule has 2 N–H and O–H groups in total. The predicted molar refractivity (Wildman–Crippen MR) is 95.6 cm³/mol. The third-order valence-electron chi connectivity index (χ3n) is 3.57. The lowest BCUT2D eigenvalue weighted by Gasteiger charge is -2.24. The molecule has 0 bridgehead atoms. The minimum atomic E-state index is -0.459. The molecule has 0 aliphatic heterocycles. The molecule has 1 atom stereocenters. The Balaban J connectivity index is 2.46. The Morgan fingerprint density at radius 2 is 1.74 bits per heavy atom. The van der Waals surface area contributed by atoms with Gasteiger partial charge in [0.1, 0.15) is 5.60 Å². The first kappa shape index (κ1) is 19.5. The van der Waals surface area contributed by atoms with E-state index in [0.717, 1.165) is 6.42 Å². The van der Waals surface area contributed by atoms with E-state index in [2.05, 4.69) is 55.7 Å². The quantitative estimate of drug-likeness (QED) is 0.745. The van der Waals surface area contributed by atoms with Crippen molar-refractivity contribution in [2.75, 3.05) is 13.1 Å². The summed E-state index contributed by atoms with van der Waals surface area (Å²) in [5, 5.41) is 6.30. The maximum absolute atomic E-state index is 11.6. The highest BCUT2D eigenvalue weighted by molar-refractivity contribution is 5.67. The zero-order chi connectivity index (χ0) is 17.5. The molecular weight excluding hydrogens is 288 g/mol. The monoisotopic (exact) mass is 320 g/mol. The van der Waals surface area contributed by atoms with Crippen LogP contribution in [-0.2, 0) is 11.2 Å². The van der Waals surface area contributed by atoms with E-state index in [9.17, 15) is 4.79 Å². The molecule has 0 aliphatic rings. The largest absolute Gasteiger partial charge is 0.444 e. The van der Waals surface area contributed by atoms with Crippen LogP contribution in [0.25, 0.3) is 0 Å². The number of nitrogens with one attached hydrogen (secondary N) is 2. The Kier molecular flexibility index (Phi) is 7.56. The summed E-state index contributed by atoms with van der Waals surface area (Å²) < 4.78 is 5.22. The number of carbonyl (C=O) groups excluding carboxylic acids is 1. The molecule has 0 spiro atoms. The van der Waals surface area contributed by atoms with Crippen LogP contribution in [0.5, 0.6) is 0 Å². The summed E-state index contributed by atoms with van der Waals surface area (Å²) in [6, 6.07) is 9.04. The van der Waals surface area contributed by atoms with E-state index in [1.165, 1.54) is 11.1 Å². The molecule has 0 saturated carbocycles. The van der Waals surface area contributed by atoms with Crippen LogP contribution in [0.4, 0.5) is 4.79 Å². The molecule has 1 aromatic carbocycles. The van der Waals surface area contributed by atoms with Crippen LogP contribution in [-0.4, -0.2) is 24.8 Å². The fraction of sp³-hybridized carbons (Fsp3) is 0.632. The van der Waals surface area contributed by atoms with Gasteiger partial charge >= 0.3 is 6.09 Å². The normalized spacial score (nSPS) is 13.0. The van der Waals surface area contributed by atoms with Gasteiger partial charge in [-0.05, 0) is 44.2 Å². The molecule has 0 aromatic heterocycles. The fourth-order valence-corrected chi connectivity index (χ4v) is 2.41. The van der Waals surface area contributed by atoms with Crippen LogP contribution in [0.3, 0.4) is 0 Å². The second-order valence-electron chi connectivity index (χ2n) is 7.20. The van der Waals surface area contributed by atoms with Gasteiger partial charge in [-0.3, -0.25) is 0 Å². The number of ether oxygens (including phenoxy) is 1. The zero-order valence-electron chi connectivity index (χ0n) is 15.4. The third-order valence-corrected chi connectivity index (χ3v) is 3.57. The first-order chi connectivity index (χ1) is 10.7. The lowest BCUT2D eigenvalue weighted by atomic mass is 9.95. The molecule has 0 radical (unpaired) electrons. The van der Waals surface area contributed by atoms with Gasteiger partial charge in [0.2, 0.25) is 0 Å². The van der Waals surface area contributed by atoms with E-state index < -0.39 is 5.60 Å². The van der Waals surface area contributed by atoms with Crippen molar-refractivity contribution in [3.8, 4) is 0 Å². The Labute approximate surface area is 141 Å². The van der Waals surface area contributed by atoms with Crippen LogP contribution in [0.1, 0.15) is 58.7 Å².